The van der Waals surface area contributed by atoms with Crippen LogP contribution in [0.2, 0.25) is 0 Å². The SMILES string of the molecule is CC(CCS(=O)(=O)NC(=O)OC(C)(C)C)c1cc(F)c(C2OCCO2)c2ccncc12. The zero-order valence-corrected chi connectivity index (χ0v) is 18.8. The first-order valence-electron chi connectivity index (χ1n) is 9.99. The molecule has 1 unspecified atom stereocenters. The van der Waals surface area contributed by atoms with Crippen molar-refractivity contribution in [3.8, 4) is 0 Å². The number of fused-ring (bicyclic) bond motifs is 1. The molecule has 1 amide bonds. The van der Waals surface area contributed by atoms with E-state index >= 15 is 4.39 Å². The molecule has 0 bridgehead atoms. The number of amides is 1. The molecular formula is C21H27FN2O6S. The molecule has 1 saturated heterocycles. The van der Waals surface area contributed by atoms with Crippen molar-refractivity contribution in [1.29, 1.82) is 0 Å². The van der Waals surface area contributed by atoms with Crippen LogP contribution in [0.15, 0.2) is 24.5 Å². The average Bonchev–Trinajstić information content (AvgIpc) is 3.17. The van der Waals surface area contributed by atoms with Gasteiger partial charge in [0, 0.05) is 17.8 Å². The number of benzene rings is 1. The molecule has 1 atom stereocenters. The number of rotatable bonds is 6. The minimum Gasteiger partial charge on any atom is -0.443 e. The number of halogens is 1. The molecule has 10 heteroatoms. The second kappa shape index (κ2) is 9.05. The third-order valence-electron chi connectivity index (χ3n) is 4.81. The van der Waals surface area contributed by atoms with Gasteiger partial charge in [-0.3, -0.25) is 4.98 Å². The van der Waals surface area contributed by atoms with Crippen molar-refractivity contribution in [3.63, 3.8) is 0 Å². The van der Waals surface area contributed by atoms with Crippen LogP contribution in [-0.2, 0) is 24.2 Å². The Labute approximate surface area is 181 Å². The van der Waals surface area contributed by atoms with Crippen LogP contribution in [0.25, 0.3) is 10.8 Å². The number of nitrogens with one attached hydrogen (secondary N) is 1. The van der Waals surface area contributed by atoms with Gasteiger partial charge in [0.1, 0.15) is 11.4 Å². The van der Waals surface area contributed by atoms with E-state index in [0.717, 1.165) is 0 Å². The number of carbonyl (C=O) groups excluding carboxylic acids is 1. The van der Waals surface area contributed by atoms with Crippen LogP contribution >= 0.6 is 0 Å². The summed E-state index contributed by atoms with van der Waals surface area (Å²) in [5.74, 6) is -1.13. The van der Waals surface area contributed by atoms with E-state index < -0.39 is 33.8 Å². The monoisotopic (exact) mass is 454 g/mol. The molecule has 1 fully saturated rings. The van der Waals surface area contributed by atoms with Gasteiger partial charge in [-0.2, -0.15) is 0 Å². The molecule has 0 spiro atoms. The molecular weight excluding hydrogens is 427 g/mol. The van der Waals surface area contributed by atoms with E-state index in [9.17, 15) is 13.2 Å². The maximum atomic E-state index is 15.0. The molecule has 170 valence electrons. The fraction of sp³-hybridized carbons (Fsp3) is 0.524. The van der Waals surface area contributed by atoms with E-state index in [4.69, 9.17) is 14.2 Å². The molecule has 8 nitrogen and oxygen atoms in total. The first kappa shape index (κ1) is 23.4. The summed E-state index contributed by atoms with van der Waals surface area (Å²) in [7, 11) is -3.91. The zero-order valence-electron chi connectivity index (χ0n) is 18.0. The lowest BCUT2D eigenvalue weighted by Gasteiger charge is -2.21. The van der Waals surface area contributed by atoms with Crippen molar-refractivity contribution in [1.82, 2.24) is 9.71 Å². The summed E-state index contributed by atoms with van der Waals surface area (Å²) < 4.78 is 57.5. The molecule has 1 N–H and O–H groups in total. The van der Waals surface area contributed by atoms with Gasteiger partial charge < -0.3 is 14.2 Å². The summed E-state index contributed by atoms with van der Waals surface area (Å²) in [6.07, 6.45) is 1.53. The quantitative estimate of drug-likeness (QED) is 0.709. The van der Waals surface area contributed by atoms with Gasteiger partial charge in [-0.1, -0.05) is 6.92 Å². The van der Waals surface area contributed by atoms with Gasteiger partial charge in [0.05, 0.1) is 24.5 Å². The smallest absolute Gasteiger partial charge is 0.421 e. The van der Waals surface area contributed by atoms with E-state index in [2.05, 4.69) is 4.98 Å². The maximum absolute atomic E-state index is 15.0. The second-order valence-corrected chi connectivity index (χ2v) is 10.3. The van der Waals surface area contributed by atoms with Crippen LogP contribution in [0.5, 0.6) is 0 Å². The van der Waals surface area contributed by atoms with E-state index in [1.807, 2.05) is 4.72 Å². The van der Waals surface area contributed by atoms with Crippen molar-refractivity contribution in [2.45, 2.75) is 51.9 Å². The Morgan fingerprint density at radius 1 is 1.32 bits per heavy atom. The van der Waals surface area contributed by atoms with Gasteiger partial charge >= 0.3 is 6.09 Å². The van der Waals surface area contributed by atoms with Crippen LogP contribution in [0.1, 0.15) is 57.5 Å². The largest absolute Gasteiger partial charge is 0.443 e. The third-order valence-corrected chi connectivity index (χ3v) is 6.06. The summed E-state index contributed by atoms with van der Waals surface area (Å²) in [4.78, 5) is 15.9. The van der Waals surface area contributed by atoms with Crippen LogP contribution in [0, 0.1) is 5.82 Å². The molecule has 2 aromatic rings. The highest BCUT2D eigenvalue weighted by Gasteiger charge is 2.27. The van der Waals surface area contributed by atoms with Crippen LogP contribution in [0.4, 0.5) is 9.18 Å². The number of nitrogens with zero attached hydrogens (tertiary/aromatic N) is 1. The van der Waals surface area contributed by atoms with Crippen molar-refractivity contribution in [2.24, 2.45) is 0 Å². The molecule has 31 heavy (non-hydrogen) atoms. The Morgan fingerprint density at radius 2 is 2.00 bits per heavy atom. The van der Waals surface area contributed by atoms with Gasteiger partial charge in [-0.15, -0.1) is 0 Å². The lowest BCUT2D eigenvalue weighted by atomic mass is 9.91. The molecule has 1 aromatic carbocycles. The van der Waals surface area contributed by atoms with Crippen LogP contribution < -0.4 is 4.72 Å². The Kier molecular flexibility index (Phi) is 6.82. The van der Waals surface area contributed by atoms with E-state index in [0.29, 0.717) is 35.1 Å². The lowest BCUT2D eigenvalue weighted by Crippen LogP contribution is -2.37. The Bertz CT molecular complexity index is 1060. The Hall–Kier alpha value is -2.30. The lowest BCUT2D eigenvalue weighted by molar-refractivity contribution is -0.0453. The maximum Gasteiger partial charge on any atom is 0.421 e. The van der Waals surface area contributed by atoms with Crippen molar-refractivity contribution in [3.05, 3.63) is 41.5 Å². The molecule has 1 aromatic heterocycles. The van der Waals surface area contributed by atoms with Gasteiger partial charge in [-0.05, 0) is 56.2 Å². The summed E-state index contributed by atoms with van der Waals surface area (Å²) >= 11 is 0. The highest BCUT2D eigenvalue weighted by atomic mass is 32.2. The standard InChI is InChI=1S/C21H27FN2O6S/c1-13(6-10-31(26,27)24-20(25)30-21(2,3)4)15-11-17(22)18(19-28-8-9-29-19)14-5-7-23-12-16(14)15/h5,7,11-13,19H,6,8-10H2,1-4H3,(H,24,25). The van der Waals surface area contributed by atoms with E-state index in [-0.39, 0.29) is 18.1 Å². The molecule has 1 aliphatic rings. The fourth-order valence-electron chi connectivity index (χ4n) is 3.42. The van der Waals surface area contributed by atoms with Gasteiger partial charge in [0.25, 0.3) is 0 Å². The summed E-state index contributed by atoms with van der Waals surface area (Å²) in [6.45, 7) is 7.49. The van der Waals surface area contributed by atoms with Crippen LogP contribution in [-0.4, -0.2) is 44.1 Å². The molecule has 0 aliphatic carbocycles. The van der Waals surface area contributed by atoms with E-state index in [1.54, 1.807) is 46.2 Å². The molecule has 1 aliphatic heterocycles. The summed E-state index contributed by atoms with van der Waals surface area (Å²) in [6, 6.07) is 3.07. The fourth-order valence-corrected chi connectivity index (χ4v) is 4.48. The Balaban J connectivity index is 1.79. The van der Waals surface area contributed by atoms with Crippen molar-refractivity contribution in [2.75, 3.05) is 19.0 Å². The number of ether oxygens (including phenoxy) is 3. The zero-order chi connectivity index (χ0) is 22.8. The van der Waals surface area contributed by atoms with Gasteiger partial charge in [0.15, 0.2) is 6.29 Å². The predicted molar refractivity (Wildman–Crippen MR) is 113 cm³/mol. The predicted octanol–water partition coefficient (Wildman–Crippen LogP) is 3.77. The number of hydrogen-bond donors (Lipinski definition) is 1. The summed E-state index contributed by atoms with van der Waals surface area (Å²) in [5, 5.41) is 1.31. The summed E-state index contributed by atoms with van der Waals surface area (Å²) in [5.41, 5.74) is 0.116. The van der Waals surface area contributed by atoms with E-state index in [1.165, 1.54) is 6.07 Å². The molecule has 0 saturated carbocycles. The Morgan fingerprint density at radius 3 is 2.65 bits per heavy atom. The minimum atomic E-state index is -3.91. The first-order chi connectivity index (χ1) is 14.5. The molecule has 0 radical (unpaired) electrons. The molecule has 3 rings (SSSR count). The van der Waals surface area contributed by atoms with Gasteiger partial charge in [-0.25, -0.2) is 22.3 Å². The first-order valence-corrected chi connectivity index (χ1v) is 11.6. The molecule has 2 heterocycles. The number of pyridine rings is 1. The van der Waals surface area contributed by atoms with Crippen molar-refractivity contribution >= 4 is 26.9 Å². The number of sulfonamides is 1. The highest BCUT2D eigenvalue weighted by molar-refractivity contribution is 7.90. The normalized spacial score (nSPS) is 16.4. The van der Waals surface area contributed by atoms with Gasteiger partial charge in [0.2, 0.25) is 10.0 Å². The second-order valence-electron chi connectivity index (χ2n) is 8.47. The third kappa shape index (κ3) is 5.90. The number of carbonyl (C=O) groups is 1. The highest BCUT2D eigenvalue weighted by Crippen LogP contribution is 2.37. The number of aromatic nitrogens is 1. The minimum absolute atomic E-state index is 0.164. The average molecular weight is 455 g/mol. The number of hydrogen-bond acceptors (Lipinski definition) is 7. The topological polar surface area (TPSA) is 104 Å². The van der Waals surface area contributed by atoms with Crippen LogP contribution in [0.3, 0.4) is 0 Å². The van der Waals surface area contributed by atoms with Crippen molar-refractivity contribution < 1.29 is 31.8 Å².